The third kappa shape index (κ3) is 7.95. The number of hydrogen-bond acceptors (Lipinski definition) is 6. The highest BCUT2D eigenvalue weighted by atomic mass is 35.5. The van der Waals surface area contributed by atoms with E-state index in [1.165, 1.54) is 18.4 Å². The lowest BCUT2D eigenvalue weighted by Gasteiger charge is -2.45. The van der Waals surface area contributed by atoms with Crippen LogP contribution in [0.5, 0.6) is 0 Å². The Morgan fingerprint density at radius 1 is 1.24 bits per heavy atom. The molecule has 0 amide bonds. The van der Waals surface area contributed by atoms with Gasteiger partial charge in [-0.3, -0.25) is 9.58 Å². The number of ether oxygens (including phenoxy) is 1. The van der Waals surface area contributed by atoms with Crippen molar-refractivity contribution in [1.29, 1.82) is 0 Å². The van der Waals surface area contributed by atoms with Crippen LogP contribution in [0.1, 0.15) is 18.4 Å². The summed E-state index contributed by atoms with van der Waals surface area (Å²) in [5, 5.41) is 15.6. The highest BCUT2D eigenvalue weighted by Crippen LogP contribution is 2.24. The van der Waals surface area contributed by atoms with Crippen LogP contribution in [0.25, 0.3) is 0 Å². The van der Waals surface area contributed by atoms with Crippen LogP contribution < -0.4 is 5.32 Å². The number of nitrogens with one attached hydrogen (secondary N) is 1. The number of aromatic nitrogens is 3. The van der Waals surface area contributed by atoms with E-state index in [1.54, 1.807) is 12.7 Å². The van der Waals surface area contributed by atoms with Crippen LogP contribution >= 0.6 is 11.6 Å². The Balaban J connectivity index is 0.000000383. The number of alkyl halides is 3. The zero-order chi connectivity index (χ0) is 23.8. The number of carbonyl (C=O) groups is 1. The molecule has 0 aliphatic carbocycles. The number of carboxylic acid groups (broad SMARTS) is 1. The van der Waals surface area contributed by atoms with E-state index in [1.807, 2.05) is 16.8 Å². The molecule has 0 bridgehead atoms. The van der Waals surface area contributed by atoms with E-state index in [0.29, 0.717) is 12.1 Å². The standard InChI is InChI=1S/C19H26ClN5O.C2HF3O2/c20-16-3-1-15(2-4-16)9-18-12-26-19(10-24-14-22-13-23-24)11-25(18)17-5-7-21-8-6-17;3-2(4,5)1(6)7/h1-4,13-14,17-19,21H,5-12H2;(H,6,7)/t18-,19-;/m0./s1. The second-order valence-electron chi connectivity index (χ2n) is 8.04. The highest BCUT2D eigenvalue weighted by Gasteiger charge is 2.38. The van der Waals surface area contributed by atoms with Crippen molar-refractivity contribution in [2.24, 2.45) is 0 Å². The van der Waals surface area contributed by atoms with Crippen LogP contribution in [-0.4, -0.2) is 81.3 Å². The normalized spacial score (nSPS) is 22.4. The summed E-state index contributed by atoms with van der Waals surface area (Å²) in [4.78, 5) is 15.6. The van der Waals surface area contributed by atoms with Crippen molar-refractivity contribution in [3.63, 3.8) is 0 Å². The number of nitrogens with zero attached hydrogens (tertiary/aromatic N) is 4. The van der Waals surface area contributed by atoms with Gasteiger partial charge in [0.1, 0.15) is 12.7 Å². The number of carboxylic acids is 1. The number of piperidine rings is 1. The molecule has 33 heavy (non-hydrogen) atoms. The Labute approximate surface area is 194 Å². The fraction of sp³-hybridized carbons (Fsp3) is 0.571. The zero-order valence-corrected chi connectivity index (χ0v) is 18.7. The topological polar surface area (TPSA) is 92.5 Å². The third-order valence-electron chi connectivity index (χ3n) is 5.67. The predicted molar refractivity (Wildman–Crippen MR) is 115 cm³/mol. The molecule has 2 aromatic rings. The Bertz CT molecular complexity index is 861. The lowest BCUT2D eigenvalue weighted by molar-refractivity contribution is -0.192. The molecule has 0 radical (unpaired) electrons. The first kappa shape index (κ1) is 25.4. The first-order chi connectivity index (χ1) is 15.7. The van der Waals surface area contributed by atoms with Gasteiger partial charge in [-0.15, -0.1) is 0 Å². The molecule has 8 nitrogen and oxygen atoms in total. The van der Waals surface area contributed by atoms with E-state index in [9.17, 15) is 13.2 Å². The number of halogens is 4. The molecule has 2 fully saturated rings. The van der Waals surface area contributed by atoms with Crippen LogP contribution in [0, 0.1) is 0 Å². The summed E-state index contributed by atoms with van der Waals surface area (Å²) in [6.07, 6.45) is 1.82. The minimum Gasteiger partial charge on any atom is -0.475 e. The number of aliphatic carboxylic acids is 1. The Hall–Kier alpha value is -2.21. The molecular weight excluding hydrogens is 463 g/mol. The molecule has 1 aromatic heterocycles. The average Bonchev–Trinajstić information content (AvgIpc) is 3.30. The van der Waals surface area contributed by atoms with E-state index in [2.05, 4.69) is 32.4 Å². The van der Waals surface area contributed by atoms with Crippen molar-refractivity contribution in [2.45, 2.75) is 50.2 Å². The van der Waals surface area contributed by atoms with E-state index < -0.39 is 12.1 Å². The molecule has 0 spiro atoms. The highest BCUT2D eigenvalue weighted by molar-refractivity contribution is 6.30. The molecule has 2 aliphatic heterocycles. The predicted octanol–water partition coefficient (Wildman–Crippen LogP) is 2.63. The van der Waals surface area contributed by atoms with Gasteiger partial charge in [0.2, 0.25) is 0 Å². The van der Waals surface area contributed by atoms with E-state index in [4.69, 9.17) is 26.2 Å². The van der Waals surface area contributed by atoms with Crippen LogP contribution in [0.2, 0.25) is 5.02 Å². The SMILES string of the molecule is Clc1ccc(C[C@H]2CO[C@@H](Cn3cncn3)CN2C2CCNCC2)cc1.O=C(O)C(F)(F)F. The second kappa shape index (κ2) is 11.8. The van der Waals surface area contributed by atoms with Gasteiger partial charge >= 0.3 is 12.1 Å². The van der Waals surface area contributed by atoms with Gasteiger partial charge in [-0.1, -0.05) is 23.7 Å². The molecule has 4 rings (SSSR count). The summed E-state index contributed by atoms with van der Waals surface area (Å²) in [7, 11) is 0. The fourth-order valence-corrected chi connectivity index (χ4v) is 4.21. The first-order valence-corrected chi connectivity index (χ1v) is 11.0. The number of benzene rings is 1. The van der Waals surface area contributed by atoms with Gasteiger partial charge in [0.15, 0.2) is 0 Å². The molecule has 0 unspecified atom stereocenters. The lowest BCUT2D eigenvalue weighted by atomic mass is 9.97. The summed E-state index contributed by atoms with van der Waals surface area (Å²) in [6, 6.07) is 9.24. The minimum atomic E-state index is -5.08. The van der Waals surface area contributed by atoms with Crippen molar-refractivity contribution < 1.29 is 27.8 Å². The van der Waals surface area contributed by atoms with Crippen LogP contribution in [0.15, 0.2) is 36.9 Å². The summed E-state index contributed by atoms with van der Waals surface area (Å²) >= 11 is 6.04. The van der Waals surface area contributed by atoms with Crippen LogP contribution in [0.4, 0.5) is 13.2 Å². The first-order valence-electron chi connectivity index (χ1n) is 10.7. The number of hydrogen-bond donors (Lipinski definition) is 2. The van der Waals surface area contributed by atoms with Crippen molar-refractivity contribution in [1.82, 2.24) is 25.0 Å². The monoisotopic (exact) mass is 489 g/mol. The third-order valence-corrected chi connectivity index (χ3v) is 5.92. The maximum absolute atomic E-state index is 10.6. The molecule has 2 N–H and O–H groups in total. The largest absolute Gasteiger partial charge is 0.490 e. The van der Waals surface area contributed by atoms with Crippen molar-refractivity contribution in [3.8, 4) is 0 Å². The van der Waals surface area contributed by atoms with Crippen molar-refractivity contribution >= 4 is 17.6 Å². The lowest BCUT2D eigenvalue weighted by Crippen LogP contribution is -2.57. The molecule has 12 heteroatoms. The molecule has 0 saturated carbocycles. The van der Waals surface area contributed by atoms with Gasteiger partial charge in [0.05, 0.1) is 19.3 Å². The minimum absolute atomic E-state index is 0.160. The van der Waals surface area contributed by atoms with Gasteiger partial charge < -0.3 is 15.2 Å². The van der Waals surface area contributed by atoms with Gasteiger partial charge in [-0.05, 0) is 50.0 Å². The van der Waals surface area contributed by atoms with Crippen LogP contribution in [-0.2, 0) is 22.5 Å². The molecule has 2 aliphatic rings. The Morgan fingerprint density at radius 2 is 1.91 bits per heavy atom. The summed E-state index contributed by atoms with van der Waals surface area (Å²) in [5.41, 5.74) is 1.32. The quantitative estimate of drug-likeness (QED) is 0.667. The van der Waals surface area contributed by atoms with E-state index >= 15 is 0 Å². The number of morpholine rings is 1. The molecule has 2 saturated heterocycles. The zero-order valence-electron chi connectivity index (χ0n) is 17.9. The van der Waals surface area contributed by atoms with E-state index in [-0.39, 0.29) is 6.10 Å². The van der Waals surface area contributed by atoms with Gasteiger partial charge in [0.25, 0.3) is 0 Å². The average molecular weight is 490 g/mol. The molecule has 1 aromatic carbocycles. The maximum Gasteiger partial charge on any atom is 0.490 e. The Morgan fingerprint density at radius 3 is 2.48 bits per heavy atom. The van der Waals surface area contributed by atoms with Gasteiger partial charge in [0, 0.05) is 23.7 Å². The molecule has 182 valence electrons. The van der Waals surface area contributed by atoms with Crippen molar-refractivity contribution in [2.75, 3.05) is 26.2 Å². The molecule has 3 heterocycles. The summed E-state index contributed by atoms with van der Waals surface area (Å²) in [6.45, 7) is 4.66. The van der Waals surface area contributed by atoms with Crippen LogP contribution in [0.3, 0.4) is 0 Å². The fourth-order valence-electron chi connectivity index (χ4n) is 4.08. The van der Waals surface area contributed by atoms with E-state index in [0.717, 1.165) is 44.2 Å². The maximum atomic E-state index is 10.6. The van der Waals surface area contributed by atoms with Gasteiger partial charge in [-0.25, -0.2) is 9.78 Å². The van der Waals surface area contributed by atoms with Crippen molar-refractivity contribution in [3.05, 3.63) is 47.5 Å². The number of rotatable bonds is 5. The summed E-state index contributed by atoms with van der Waals surface area (Å²) in [5.74, 6) is -2.76. The second-order valence-corrected chi connectivity index (χ2v) is 8.47. The Kier molecular flexibility index (Phi) is 9.07. The van der Waals surface area contributed by atoms with Gasteiger partial charge in [-0.2, -0.15) is 18.3 Å². The molecular formula is C21H27ClF3N5O3. The summed E-state index contributed by atoms with van der Waals surface area (Å²) < 4.78 is 39.8. The smallest absolute Gasteiger partial charge is 0.475 e. The molecule has 2 atom stereocenters.